The van der Waals surface area contributed by atoms with Crippen molar-refractivity contribution in [1.29, 1.82) is 0 Å². The number of aromatic hydroxyl groups is 1. The predicted octanol–water partition coefficient (Wildman–Crippen LogP) is 2.74. The third-order valence-electron chi connectivity index (χ3n) is 2.81. The summed E-state index contributed by atoms with van der Waals surface area (Å²) in [5.74, 6) is 1.09. The zero-order valence-electron chi connectivity index (χ0n) is 10.4. The van der Waals surface area contributed by atoms with Gasteiger partial charge in [0.1, 0.15) is 18.1 Å². The van der Waals surface area contributed by atoms with Crippen LogP contribution in [-0.2, 0) is 13.2 Å². The number of ether oxygens (including phenoxy) is 1. The first-order valence-corrected chi connectivity index (χ1v) is 5.90. The summed E-state index contributed by atoms with van der Waals surface area (Å²) >= 11 is 0. The van der Waals surface area contributed by atoms with Crippen LogP contribution in [0.4, 0.5) is 0 Å². The second-order valence-corrected chi connectivity index (χ2v) is 4.23. The Bertz CT molecular complexity index is 538. The molecule has 0 aliphatic rings. The van der Waals surface area contributed by atoms with Crippen molar-refractivity contribution in [2.24, 2.45) is 5.73 Å². The van der Waals surface area contributed by atoms with Crippen LogP contribution >= 0.6 is 0 Å². The van der Waals surface area contributed by atoms with E-state index in [-0.39, 0.29) is 5.75 Å². The Hall–Kier alpha value is -2.00. The van der Waals surface area contributed by atoms with Gasteiger partial charge in [0.2, 0.25) is 0 Å². The number of rotatable bonds is 4. The number of hydrogen-bond acceptors (Lipinski definition) is 3. The van der Waals surface area contributed by atoms with Crippen LogP contribution in [0.1, 0.15) is 16.7 Å². The third-order valence-corrected chi connectivity index (χ3v) is 2.81. The van der Waals surface area contributed by atoms with Crippen molar-refractivity contribution in [3.05, 3.63) is 59.2 Å². The van der Waals surface area contributed by atoms with Crippen LogP contribution in [0.2, 0.25) is 0 Å². The van der Waals surface area contributed by atoms with Crippen molar-refractivity contribution >= 4 is 0 Å². The summed E-state index contributed by atoms with van der Waals surface area (Å²) in [5.41, 5.74) is 8.69. The van der Waals surface area contributed by atoms with Gasteiger partial charge in [-0.1, -0.05) is 30.3 Å². The maximum Gasteiger partial charge on any atom is 0.127 e. The molecule has 0 heterocycles. The van der Waals surface area contributed by atoms with E-state index in [1.807, 2.05) is 31.2 Å². The summed E-state index contributed by atoms with van der Waals surface area (Å²) in [6.45, 7) is 2.88. The Labute approximate surface area is 107 Å². The minimum atomic E-state index is 0.250. The molecule has 0 aromatic heterocycles. The van der Waals surface area contributed by atoms with Gasteiger partial charge in [0.25, 0.3) is 0 Å². The Kier molecular flexibility index (Phi) is 3.85. The third kappa shape index (κ3) is 2.81. The molecule has 0 atom stereocenters. The van der Waals surface area contributed by atoms with E-state index in [0.717, 1.165) is 22.4 Å². The van der Waals surface area contributed by atoms with E-state index in [0.29, 0.717) is 13.2 Å². The van der Waals surface area contributed by atoms with E-state index in [1.54, 1.807) is 18.2 Å². The number of nitrogens with two attached hydrogens (primary N) is 1. The van der Waals surface area contributed by atoms with E-state index >= 15 is 0 Å². The first-order chi connectivity index (χ1) is 8.70. The van der Waals surface area contributed by atoms with Gasteiger partial charge in [0.05, 0.1) is 0 Å². The SMILES string of the molecule is Cc1cccc(CN)c1OCc1cccc(O)c1. The molecule has 0 bridgehead atoms. The molecule has 3 nitrogen and oxygen atoms in total. The largest absolute Gasteiger partial charge is 0.508 e. The second-order valence-electron chi connectivity index (χ2n) is 4.23. The normalized spacial score (nSPS) is 10.3. The number of phenolic OH excluding ortho intramolecular Hbond substituents is 1. The molecule has 0 radical (unpaired) electrons. The molecule has 3 heteroatoms. The molecule has 18 heavy (non-hydrogen) atoms. The molecule has 0 spiro atoms. The first kappa shape index (κ1) is 12.5. The van der Waals surface area contributed by atoms with Gasteiger partial charge in [-0.25, -0.2) is 0 Å². The van der Waals surface area contributed by atoms with Gasteiger partial charge in [0.15, 0.2) is 0 Å². The lowest BCUT2D eigenvalue weighted by Gasteiger charge is -2.13. The van der Waals surface area contributed by atoms with Crippen molar-refractivity contribution in [3.63, 3.8) is 0 Å². The Morgan fingerprint density at radius 1 is 1.17 bits per heavy atom. The zero-order valence-corrected chi connectivity index (χ0v) is 10.4. The molecule has 94 valence electrons. The first-order valence-electron chi connectivity index (χ1n) is 5.90. The molecule has 3 N–H and O–H groups in total. The maximum atomic E-state index is 9.39. The van der Waals surface area contributed by atoms with Crippen LogP contribution in [0.3, 0.4) is 0 Å². The maximum absolute atomic E-state index is 9.39. The molecule has 0 saturated heterocycles. The fraction of sp³-hybridized carbons (Fsp3) is 0.200. The van der Waals surface area contributed by atoms with Crippen LogP contribution < -0.4 is 10.5 Å². The fourth-order valence-corrected chi connectivity index (χ4v) is 1.88. The average molecular weight is 243 g/mol. The van der Waals surface area contributed by atoms with Crippen LogP contribution in [0.15, 0.2) is 42.5 Å². The topological polar surface area (TPSA) is 55.5 Å². The lowest BCUT2D eigenvalue weighted by Crippen LogP contribution is -2.04. The van der Waals surface area contributed by atoms with Gasteiger partial charge in [-0.05, 0) is 30.2 Å². The molecule has 0 unspecified atom stereocenters. The number of aryl methyl sites for hydroxylation is 1. The lowest BCUT2D eigenvalue weighted by atomic mass is 10.1. The van der Waals surface area contributed by atoms with E-state index < -0.39 is 0 Å². The monoisotopic (exact) mass is 243 g/mol. The van der Waals surface area contributed by atoms with Gasteiger partial charge < -0.3 is 15.6 Å². The highest BCUT2D eigenvalue weighted by Crippen LogP contribution is 2.24. The van der Waals surface area contributed by atoms with E-state index in [9.17, 15) is 5.11 Å². The van der Waals surface area contributed by atoms with Crippen LogP contribution in [0.25, 0.3) is 0 Å². The molecule has 2 aromatic rings. The van der Waals surface area contributed by atoms with E-state index in [4.69, 9.17) is 10.5 Å². The van der Waals surface area contributed by atoms with Gasteiger partial charge in [-0.15, -0.1) is 0 Å². The van der Waals surface area contributed by atoms with Gasteiger partial charge in [-0.3, -0.25) is 0 Å². The van der Waals surface area contributed by atoms with E-state index in [1.165, 1.54) is 0 Å². The molecular weight excluding hydrogens is 226 g/mol. The van der Waals surface area contributed by atoms with Crippen molar-refractivity contribution in [2.45, 2.75) is 20.1 Å². The number of hydrogen-bond donors (Lipinski definition) is 2. The summed E-state index contributed by atoms with van der Waals surface area (Å²) in [7, 11) is 0. The second kappa shape index (κ2) is 5.56. The van der Waals surface area contributed by atoms with Gasteiger partial charge >= 0.3 is 0 Å². The smallest absolute Gasteiger partial charge is 0.127 e. The Morgan fingerprint density at radius 3 is 2.67 bits per heavy atom. The summed E-state index contributed by atoms with van der Waals surface area (Å²) in [6, 6.07) is 13.0. The van der Waals surface area contributed by atoms with E-state index in [2.05, 4.69) is 0 Å². The average Bonchev–Trinajstić information content (AvgIpc) is 2.37. The lowest BCUT2D eigenvalue weighted by molar-refractivity contribution is 0.300. The summed E-state index contributed by atoms with van der Waals surface area (Å²) < 4.78 is 5.81. The van der Waals surface area contributed by atoms with Crippen molar-refractivity contribution in [1.82, 2.24) is 0 Å². The minimum absolute atomic E-state index is 0.250. The summed E-state index contributed by atoms with van der Waals surface area (Å²) in [6.07, 6.45) is 0. The Morgan fingerprint density at radius 2 is 1.94 bits per heavy atom. The molecule has 0 saturated carbocycles. The van der Waals surface area contributed by atoms with Crippen LogP contribution in [-0.4, -0.2) is 5.11 Å². The van der Waals surface area contributed by atoms with Gasteiger partial charge in [-0.2, -0.15) is 0 Å². The number of benzene rings is 2. The van der Waals surface area contributed by atoms with Crippen LogP contribution in [0, 0.1) is 6.92 Å². The molecule has 0 aliphatic carbocycles. The molecular formula is C15H17NO2. The number of phenols is 1. The molecule has 2 aromatic carbocycles. The fourth-order valence-electron chi connectivity index (χ4n) is 1.88. The molecule has 2 rings (SSSR count). The zero-order chi connectivity index (χ0) is 13.0. The molecule has 0 amide bonds. The van der Waals surface area contributed by atoms with Crippen molar-refractivity contribution in [3.8, 4) is 11.5 Å². The summed E-state index contributed by atoms with van der Waals surface area (Å²) in [4.78, 5) is 0. The van der Waals surface area contributed by atoms with Gasteiger partial charge in [0, 0.05) is 12.1 Å². The quantitative estimate of drug-likeness (QED) is 0.868. The minimum Gasteiger partial charge on any atom is -0.508 e. The highest BCUT2D eigenvalue weighted by molar-refractivity contribution is 5.41. The highest BCUT2D eigenvalue weighted by atomic mass is 16.5. The Balaban J connectivity index is 2.15. The van der Waals surface area contributed by atoms with Crippen molar-refractivity contribution in [2.75, 3.05) is 0 Å². The molecule has 0 aliphatic heterocycles. The van der Waals surface area contributed by atoms with Crippen molar-refractivity contribution < 1.29 is 9.84 Å². The highest BCUT2D eigenvalue weighted by Gasteiger charge is 2.06. The standard InChI is InChI=1S/C15H17NO2/c1-11-4-2-6-13(9-16)15(11)18-10-12-5-3-7-14(17)8-12/h2-8,17H,9-10,16H2,1H3. The molecule has 0 fully saturated rings. The predicted molar refractivity (Wildman–Crippen MR) is 71.5 cm³/mol. The van der Waals surface area contributed by atoms with Crippen LogP contribution in [0.5, 0.6) is 11.5 Å². The number of para-hydroxylation sites is 1. The summed E-state index contributed by atoms with van der Waals surface area (Å²) in [5, 5.41) is 9.39.